The van der Waals surface area contributed by atoms with Gasteiger partial charge in [-0.1, -0.05) is 30.3 Å². The number of rotatable bonds is 1. The minimum Gasteiger partial charge on any atom is -0.482 e. The second-order valence-corrected chi connectivity index (χ2v) is 5.98. The maximum Gasteiger partial charge on any atom is 0.130 e. The molecule has 0 unspecified atom stereocenters. The van der Waals surface area contributed by atoms with Crippen LogP contribution in [0, 0.1) is 5.82 Å². The van der Waals surface area contributed by atoms with E-state index in [-0.39, 0.29) is 30.3 Å². The van der Waals surface area contributed by atoms with Crippen molar-refractivity contribution in [3.63, 3.8) is 0 Å². The van der Waals surface area contributed by atoms with Crippen LogP contribution in [0.2, 0.25) is 0 Å². The van der Waals surface area contributed by atoms with Gasteiger partial charge in [0.05, 0.1) is 0 Å². The molecule has 1 spiro atoms. The Kier molecular flexibility index (Phi) is 4.64. The van der Waals surface area contributed by atoms with Crippen molar-refractivity contribution in [1.82, 2.24) is 5.32 Å². The van der Waals surface area contributed by atoms with Crippen molar-refractivity contribution >= 4 is 24.4 Å². The zero-order chi connectivity index (χ0) is 15.0. The van der Waals surface area contributed by atoms with Gasteiger partial charge in [-0.2, -0.15) is 0 Å². The van der Waals surface area contributed by atoms with Crippen LogP contribution in [0.1, 0.15) is 24.0 Å². The molecule has 2 heterocycles. The fourth-order valence-corrected chi connectivity index (χ4v) is 3.34. The van der Waals surface area contributed by atoms with Crippen LogP contribution < -0.4 is 10.1 Å². The Bertz CT molecular complexity index is 723. The number of piperidine rings is 1. The average Bonchev–Trinajstić information content (AvgIpc) is 2.56. The average molecular weight is 302 g/mol. The largest absolute Gasteiger partial charge is 0.482 e. The Hall–Kier alpha value is -1.53. The zero-order valence-electron chi connectivity index (χ0n) is 13.3. The summed E-state index contributed by atoms with van der Waals surface area (Å²) in [5, 5.41) is 3.37. The summed E-state index contributed by atoms with van der Waals surface area (Å²) in [5.74, 6) is 0.551. The molecule has 4 heteroatoms. The minimum atomic E-state index is -0.277. The summed E-state index contributed by atoms with van der Waals surface area (Å²) < 4.78 is 20.0. The molecular weight excluding hydrogens is 284 g/mol. The Morgan fingerprint density at radius 3 is 2.48 bits per heavy atom. The van der Waals surface area contributed by atoms with Crippen molar-refractivity contribution in [3.05, 3.63) is 71.6 Å². The summed E-state index contributed by atoms with van der Waals surface area (Å²) in [6.07, 6.45) is 4.06. The summed E-state index contributed by atoms with van der Waals surface area (Å²) in [7, 11) is 0. The normalized spacial score (nSPS) is 18.4. The molecular formula is C19H18FLiNO. The molecule has 0 aromatic heterocycles. The summed E-state index contributed by atoms with van der Waals surface area (Å²) in [5.41, 5.74) is 2.75. The van der Waals surface area contributed by atoms with Gasteiger partial charge in [-0.25, -0.2) is 4.39 Å². The molecule has 0 bridgehead atoms. The quantitative estimate of drug-likeness (QED) is 0.815. The van der Waals surface area contributed by atoms with Crippen molar-refractivity contribution in [1.29, 1.82) is 0 Å². The van der Waals surface area contributed by atoms with Crippen molar-refractivity contribution in [3.8, 4) is 5.75 Å². The van der Waals surface area contributed by atoms with Crippen LogP contribution in [0.3, 0.4) is 0 Å². The van der Waals surface area contributed by atoms with Gasteiger partial charge in [0.1, 0.15) is 17.2 Å². The van der Waals surface area contributed by atoms with Crippen LogP contribution in [0.5, 0.6) is 5.75 Å². The summed E-state index contributed by atoms with van der Waals surface area (Å²) >= 11 is 0. The Balaban J connectivity index is 0.00000156. The molecule has 2 nitrogen and oxygen atoms in total. The topological polar surface area (TPSA) is 21.3 Å². The minimum absolute atomic E-state index is 0. The van der Waals surface area contributed by atoms with Crippen LogP contribution in [-0.4, -0.2) is 37.6 Å². The first-order chi connectivity index (χ1) is 10.8. The first-order valence-corrected chi connectivity index (χ1v) is 7.74. The molecule has 4 rings (SSSR count). The van der Waals surface area contributed by atoms with Gasteiger partial charge in [0.25, 0.3) is 0 Å². The maximum atomic E-state index is 13.7. The molecule has 2 aromatic rings. The van der Waals surface area contributed by atoms with Gasteiger partial charge >= 0.3 is 0 Å². The standard InChI is InChI=1S/C19H18FNO.Li/c20-15-6-7-18-16(12-15)17(14-4-2-1-3-5-14)13-19(22-18)8-10-21-11-9-19;/h1-7,12-13,21H,8-11H2;. The van der Waals surface area contributed by atoms with E-state index in [4.69, 9.17) is 4.74 Å². The van der Waals surface area contributed by atoms with E-state index in [9.17, 15) is 4.39 Å². The number of halogens is 1. The Morgan fingerprint density at radius 1 is 1.00 bits per heavy atom. The number of ether oxygens (including phenoxy) is 1. The third-order valence-corrected chi connectivity index (χ3v) is 4.49. The summed E-state index contributed by atoms with van der Waals surface area (Å²) in [6, 6.07) is 15.0. The van der Waals surface area contributed by atoms with E-state index in [2.05, 4.69) is 23.5 Å². The molecule has 1 saturated heterocycles. The SMILES string of the molecule is Fc1ccc2c(c1)C(c1ccccc1)=CC1(CCNCC1)O2.[Li]. The first kappa shape index (κ1) is 16.3. The molecule has 1 fully saturated rings. The monoisotopic (exact) mass is 302 g/mol. The van der Waals surface area contributed by atoms with Crippen molar-refractivity contribution in [2.45, 2.75) is 18.4 Å². The number of nitrogens with one attached hydrogen (secondary N) is 1. The molecule has 2 aromatic carbocycles. The van der Waals surface area contributed by atoms with Gasteiger partial charge in [-0.05, 0) is 48.5 Å². The van der Waals surface area contributed by atoms with Gasteiger partial charge < -0.3 is 10.1 Å². The molecule has 1 N–H and O–H groups in total. The van der Waals surface area contributed by atoms with Gasteiger partial charge in [0.2, 0.25) is 0 Å². The molecule has 113 valence electrons. The Labute approximate surface area is 147 Å². The molecule has 2 aliphatic heterocycles. The zero-order valence-corrected chi connectivity index (χ0v) is 13.3. The van der Waals surface area contributed by atoms with E-state index in [1.54, 1.807) is 12.1 Å². The smallest absolute Gasteiger partial charge is 0.130 e. The van der Waals surface area contributed by atoms with Crippen LogP contribution >= 0.6 is 0 Å². The third-order valence-electron chi connectivity index (χ3n) is 4.49. The second-order valence-electron chi connectivity index (χ2n) is 5.98. The number of benzene rings is 2. The van der Waals surface area contributed by atoms with E-state index in [1.165, 1.54) is 6.07 Å². The van der Waals surface area contributed by atoms with Crippen LogP contribution in [-0.2, 0) is 0 Å². The van der Waals surface area contributed by atoms with E-state index in [0.29, 0.717) is 0 Å². The van der Waals surface area contributed by atoms with E-state index < -0.39 is 0 Å². The van der Waals surface area contributed by atoms with Crippen molar-refractivity contribution in [2.75, 3.05) is 13.1 Å². The number of hydrogen-bond donors (Lipinski definition) is 1. The van der Waals surface area contributed by atoms with Crippen molar-refractivity contribution < 1.29 is 9.13 Å². The fraction of sp³-hybridized carbons (Fsp3) is 0.263. The van der Waals surface area contributed by atoms with E-state index in [1.807, 2.05) is 18.2 Å². The molecule has 0 aliphatic carbocycles. The van der Waals surface area contributed by atoms with Gasteiger partial charge in [0, 0.05) is 37.3 Å². The molecule has 1 radical (unpaired) electrons. The molecule has 0 saturated carbocycles. The van der Waals surface area contributed by atoms with Gasteiger partial charge in [-0.3, -0.25) is 0 Å². The van der Waals surface area contributed by atoms with E-state index in [0.717, 1.165) is 48.4 Å². The van der Waals surface area contributed by atoms with Crippen LogP contribution in [0.25, 0.3) is 5.57 Å². The van der Waals surface area contributed by atoms with Crippen LogP contribution in [0.15, 0.2) is 54.6 Å². The third kappa shape index (κ3) is 3.10. The molecule has 0 atom stereocenters. The number of hydrogen-bond acceptors (Lipinski definition) is 2. The van der Waals surface area contributed by atoms with Gasteiger partial charge in [-0.15, -0.1) is 0 Å². The first-order valence-electron chi connectivity index (χ1n) is 7.74. The molecule has 0 amide bonds. The van der Waals surface area contributed by atoms with Crippen molar-refractivity contribution in [2.24, 2.45) is 0 Å². The van der Waals surface area contributed by atoms with Crippen LogP contribution in [0.4, 0.5) is 4.39 Å². The maximum absolute atomic E-state index is 13.7. The predicted molar refractivity (Wildman–Crippen MR) is 91.1 cm³/mol. The van der Waals surface area contributed by atoms with E-state index >= 15 is 0 Å². The summed E-state index contributed by atoms with van der Waals surface area (Å²) in [6.45, 7) is 1.88. The number of fused-ring (bicyclic) bond motifs is 1. The molecule has 23 heavy (non-hydrogen) atoms. The fourth-order valence-electron chi connectivity index (χ4n) is 3.34. The molecule has 2 aliphatic rings. The Morgan fingerprint density at radius 2 is 1.74 bits per heavy atom. The van der Waals surface area contributed by atoms with Gasteiger partial charge in [0.15, 0.2) is 0 Å². The predicted octanol–water partition coefficient (Wildman–Crippen LogP) is 3.39. The second kappa shape index (κ2) is 6.53. The summed E-state index contributed by atoms with van der Waals surface area (Å²) in [4.78, 5) is 0.